The Kier molecular flexibility index (Phi) is 5.02. The van der Waals surface area contributed by atoms with Gasteiger partial charge >= 0.3 is 0 Å². The van der Waals surface area contributed by atoms with E-state index < -0.39 is 0 Å². The Hall–Kier alpha value is -2.21. The summed E-state index contributed by atoms with van der Waals surface area (Å²) >= 11 is 0. The fraction of sp³-hybridized carbons (Fsp3) is 0.471. The van der Waals surface area contributed by atoms with Gasteiger partial charge in [0.2, 0.25) is 0 Å². The van der Waals surface area contributed by atoms with Crippen LogP contribution >= 0.6 is 0 Å². The van der Waals surface area contributed by atoms with E-state index in [1.807, 2.05) is 31.4 Å². The highest BCUT2D eigenvalue weighted by Gasteiger charge is 2.21. The standard InChI is InChI=1S/C17H23N5O/c1-21(2)16-11-14(5-6-19-16)3-4-15-13-22(9-10-23-15)17-12-18-7-8-20-17/h5-8,11-12,15H,3-4,9-10,13H2,1-2H3/t15-/m0/s1. The molecule has 23 heavy (non-hydrogen) atoms. The molecule has 1 aliphatic rings. The smallest absolute Gasteiger partial charge is 0.147 e. The number of ether oxygens (including phenoxy) is 1. The van der Waals surface area contributed by atoms with Gasteiger partial charge in [0.25, 0.3) is 0 Å². The van der Waals surface area contributed by atoms with Crippen LogP contribution in [0.3, 0.4) is 0 Å². The summed E-state index contributed by atoms with van der Waals surface area (Å²) in [5, 5.41) is 0. The van der Waals surface area contributed by atoms with Crippen molar-refractivity contribution in [1.82, 2.24) is 15.0 Å². The van der Waals surface area contributed by atoms with Crippen LogP contribution < -0.4 is 9.80 Å². The average Bonchev–Trinajstić information content (AvgIpc) is 2.61. The summed E-state index contributed by atoms with van der Waals surface area (Å²) in [6.45, 7) is 2.47. The van der Waals surface area contributed by atoms with Crippen molar-refractivity contribution in [3.8, 4) is 0 Å². The Labute approximate surface area is 137 Å². The van der Waals surface area contributed by atoms with Gasteiger partial charge in [-0.3, -0.25) is 4.98 Å². The van der Waals surface area contributed by atoms with Crippen LogP contribution in [0.25, 0.3) is 0 Å². The van der Waals surface area contributed by atoms with Gasteiger partial charge in [0.1, 0.15) is 11.6 Å². The van der Waals surface area contributed by atoms with E-state index in [-0.39, 0.29) is 6.10 Å². The quantitative estimate of drug-likeness (QED) is 0.838. The molecule has 6 nitrogen and oxygen atoms in total. The van der Waals surface area contributed by atoms with Gasteiger partial charge in [0.05, 0.1) is 18.9 Å². The molecule has 0 amide bonds. The molecule has 0 saturated carbocycles. The fourth-order valence-electron chi connectivity index (χ4n) is 2.74. The van der Waals surface area contributed by atoms with Crippen LogP contribution in [0.5, 0.6) is 0 Å². The zero-order valence-corrected chi connectivity index (χ0v) is 13.7. The zero-order chi connectivity index (χ0) is 16.1. The molecule has 0 unspecified atom stereocenters. The second-order valence-electron chi connectivity index (χ2n) is 5.96. The SMILES string of the molecule is CN(C)c1cc(CC[C@H]2CN(c3cnccn3)CCO2)ccn1. The molecule has 1 aliphatic heterocycles. The molecule has 1 atom stereocenters. The number of hydrogen-bond donors (Lipinski definition) is 0. The van der Waals surface area contributed by atoms with Crippen LogP contribution in [0.15, 0.2) is 36.9 Å². The third-order valence-electron chi connectivity index (χ3n) is 4.04. The number of nitrogens with zero attached hydrogens (tertiary/aromatic N) is 5. The maximum atomic E-state index is 5.91. The minimum absolute atomic E-state index is 0.224. The van der Waals surface area contributed by atoms with Crippen molar-refractivity contribution >= 4 is 11.6 Å². The molecule has 3 heterocycles. The number of morpholine rings is 1. The maximum Gasteiger partial charge on any atom is 0.147 e. The fourth-order valence-corrected chi connectivity index (χ4v) is 2.74. The summed E-state index contributed by atoms with van der Waals surface area (Å²) in [7, 11) is 4.02. The Morgan fingerprint density at radius 3 is 2.96 bits per heavy atom. The second-order valence-corrected chi connectivity index (χ2v) is 5.96. The summed E-state index contributed by atoms with van der Waals surface area (Å²) in [6, 6.07) is 4.22. The number of aromatic nitrogens is 3. The van der Waals surface area contributed by atoms with E-state index in [1.165, 1.54) is 5.56 Å². The first-order valence-corrected chi connectivity index (χ1v) is 7.97. The molecule has 3 rings (SSSR count). The lowest BCUT2D eigenvalue weighted by Gasteiger charge is -2.33. The van der Waals surface area contributed by atoms with Crippen molar-refractivity contribution < 1.29 is 4.74 Å². The molecule has 2 aromatic rings. The third-order valence-corrected chi connectivity index (χ3v) is 4.04. The van der Waals surface area contributed by atoms with E-state index in [0.29, 0.717) is 0 Å². The summed E-state index contributed by atoms with van der Waals surface area (Å²) < 4.78 is 5.91. The van der Waals surface area contributed by atoms with Crippen molar-refractivity contribution in [3.05, 3.63) is 42.5 Å². The van der Waals surface area contributed by atoms with Crippen molar-refractivity contribution in [1.29, 1.82) is 0 Å². The molecule has 0 bridgehead atoms. The first kappa shape index (κ1) is 15.7. The van der Waals surface area contributed by atoms with Crippen molar-refractivity contribution in [2.75, 3.05) is 43.6 Å². The van der Waals surface area contributed by atoms with Gasteiger partial charge in [-0.15, -0.1) is 0 Å². The molecular formula is C17H23N5O. The van der Waals surface area contributed by atoms with E-state index in [9.17, 15) is 0 Å². The van der Waals surface area contributed by atoms with Gasteiger partial charge in [-0.05, 0) is 30.5 Å². The Bertz CT molecular complexity index is 619. The lowest BCUT2D eigenvalue weighted by atomic mass is 10.1. The Balaban J connectivity index is 1.57. The van der Waals surface area contributed by atoms with Crippen molar-refractivity contribution in [2.24, 2.45) is 0 Å². The Morgan fingerprint density at radius 1 is 1.26 bits per heavy atom. The highest BCUT2D eigenvalue weighted by molar-refractivity contribution is 5.39. The summed E-state index contributed by atoms with van der Waals surface area (Å²) in [4.78, 5) is 17.2. The van der Waals surface area contributed by atoms with Crippen molar-refractivity contribution in [3.63, 3.8) is 0 Å². The number of aryl methyl sites for hydroxylation is 1. The molecule has 1 fully saturated rings. The Morgan fingerprint density at radius 2 is 2.17 bits per heavy atom. The topological polar surface area (TPSA) is 54.4 Å². The molecule has 0 spiro atoms. The van der Waals surface area contributed by atoms with Crippen LogP contribution in [0.2, 0.25) is 0 Å². The summed E-state index contributed by atoms with van der Waals surface area (Å²) in [5.41, 5.74) is 1.30. The number of hydrogen-bond acceptors (Lipinski definition) is 6. The van der Waals surface area contributed by atoms with Gasteiger partial charge in [-0.1, -0.05) is 0 Å². The van der Waals surface area contributed by atoms with Crippen LogP contribution in [-0.2, 0) is 11.2 Å². The molecule has 6 heteroatoms. The number of anilines is 2. The van der Waals surface area contributed by atoms with Crippen LogP contribution in [0.4, 0.5) is 11.6 Å². The van der Waals surface area contributed by atoms with E-state index in [1.54, 1.807) is 12.4 Å². The second kappa shape index (κ2) is 7.37. The van der Waals surface area contributed by atoms with E-state index in [2.05, 4.69) is 32.0 Å². The van der Waals surface area contributed by atoms with Gasteiger partial charge in [0.15, 0.2) is 0 Å². The van der Waals surface area contributed by atoms with Crippen LogP contribution in [-0.4, -0.2) is 54.8 Å². The zero-order valence-electron chi connectivity index (χ0n) is 13.7. The molecule has 122 valence electrons. The molecule has 0 aromatic carbocycles. The lowest BCUT2D eigenvalue weighted by Crippen LogP contribution is -2.43. The molecule has 0 aliphatic carbocycles. The molecule has 0 N–H and O–H groups in total. The third kappa shape index (κ3) is 4.16. The molecular weight excluding hydrogens is 290 g/mol. The molecule has 1 saturated heterocycles. The largest absolute Gasteiger partial charge is 0.375 e. The van der Waals surface area contributed by atoms with Crippen LogP contribution in [0, 0.1) is 0 Å². The normalized spacial score (nSPS) is 18.0. The average molecular weight is 313 g/mol. The summed E-state index contributed by atoms with van der Waals surface area (Å²) in [6.07, 6.45) is 9.33. The first-order valence-electron chi connectivity index (χ1n) is 7.97. The monoisotopic (exact) mass is 313 g/mol. The van der Waals surface area contributed by atoms with E-state index in [4.69, 9.17) is 4.74 Å². The number of pyridine rings is 1. The first-order chi connectivity index (χ1) is 11.2. The minimum atomic E-state index is 0.224. The molecule has 0 radical (unpaired) electrons. The van der Waals surface area contributed by atoms with E-state index in [0.717, 1.165) is 44.2 Å². The highest BCUT2D eigenvalue weighted by Crippen LogP contribution is 2.18. The number of rotatable bonds is 5. The summed E-state index contributed by atoms with van der Waals surface area (Å²) in [5.74, 6) is 1.92. The van der Waals surface area contributed by atoms with Crippen LogP contribution in [0.1, 0.15) is 12.0 Å². The minimum Gasteiger partial charge on any atom is -0.375 e. The predicted molar refractivity (Wildman–Crippen MR) is 90.9 cm³/mol. The van der Waals surface area contributed by atoms with Crippen molar-refractivity contribution in [2.45, 2.75) is 18.9 Å². The van der Waals surface area contributed by atoms with E-state index >= 15 is 0 Å². The predicted octanol–water partition coefficient (Wildman–Crippen LogP) is 1.78. The van der Waals surface area contributed by atoms with Gasteiger partial charge in [0, 0.05) is 45.8 Å². The maximum absolute atomic E-state index is 5.91. The lowest BCUT2D eigenvalue weighted by molar-refractivity contribution is 0.0352. The van der Waals surface area contributed by atoms with Gasteiger partial charge < -0.3 is 14.5 Å². The van der Waals surface area contributed by atoms with Gasteiger partial charge in [-0.25, -0.2) is 9.97 Å². The molecule has 2 aromatic heterocycles. The highest BCUT2D eigenvalue weighted by atomic mass is 16.5. The van der Waals surface area contributed by atoms with Gasteiger partial charge in [-0.2, -0.15) is 0 Å².